The van der Waals surface area contributed by atoms with Crippen LogP contribution < -0.4 is 0 Å². The Morgan fingerprint density at radius 2 is 2.00 bits per heavy atom. The van der Waals surface area contributed by atoms with E-state index in [1.165, 1.54) is 40.4 Å². The van der Waals surface area contributed by atoms with E-state index in [9.17, 15) is 0 Å². The molecule has 0 fully saturated rings. The van der Waals surface area contributed by atoms with Gasteiger partial charge in [0, 0.05) is 22.0 Å². The lowest BCUT2D eigenvalue weighted by Gasteiger charge is -2.17. The van der Waals surface area contributed by atoms with Crippen molar-refractivity contribution in [1.82, 2.24) is 9.97 Å². The van der Waals surface area contributed by atoms with Gasteiger partial charge in [0.2, 0.25) is 0 Å². The van der Waals surface area contributed by atoms with Crippen LogP contribution >= 0.6 is 0 Å². The molecule has 2 heterocycles. The molecule has 1 N–H and O–H groups in total. The van der Waals surface area contributed by atoms with Crippen LogP contribution in [0.4, 0.5) is 0 Å². The zero-order chi connectivity index (χ0) is 12.8. The van der Waals surface area contributed by atoms with Crippen LogP contribution in [0.15, 0.2) is 24.3 Å². The fourth-order valence-corrected chi connectivity index (χ4v) is 3.32. The number of benzene rings is 1. The summed E-state index contributed by atoms with van der Waals surface area (Å²) in [7, 11) is 5.89. The summed E-state index contributed by atoms with van der Waals surface area (Å²) in [5.74, 6) is 0. The number of aryl methyl sites for hydroxylation is 2. The van der Waals surface area contributed by atoms with Gasteiger partial charge in [0.1, 0.15) is 0 Å². The van der Waals surface area contributed by atoms with E-state index in [1.54, 1.807) is 0 Å². The summed E-state index contributed by atoms with van der Waals surface area (Å²) >= 11 is 0. The second-order valence-electron chi connectivity index (χ2n) is 5.32. The van der Waals surface area contributed by atoms with Crippen molar-refractivity contribution in [3.63, 3.8) is 0 Å². The van der Waals surface area contributed by atoms with Crippen LogP contribution in [-0.2, 0) is 19.2 Å². The Labute approximate surface area is 113 Å². The number of aromatic nitrogens is 2. The summed E-state index contributed by atoms with van der Waals surface area (Å²) in [6.07, 6.45) is 5.25. The highest BCUT2D eigenvalue weighted by Gasteiger charge is 2.19. The van der Waals surface area contributed by atoms with Gasteiger partial charge in [-0.3, -0.25) is 4.98 Å². The summed E-state index contributed by atoms with van der Waals surface area (Å²) in [5, 5.41) is 2.67. The molecule has 1 aliphatic rings. The minimum atomic E-state index is 0.497. The molecular weight excluding hydrogens is 231 g/mol. The van der Waals surface area contributed by atoms with Crippen molar-refractivity contribution in [1.29, 1.82) is 0 Å². The molecule has 0 aliphatic heterocycles. The molecule has 0 unspecified atom stereocenters. The summed E-state index contributed by atoms with van der Waals surface area (Å²) in [5.41, 5.74) is 6.05. The van der Waals surface area contributed by atoms with Crippen molar-refractivity contribution >= 4 is 29.7 Å². The summed E-state index contributed by atoms with van der Waals surface area (Å²) in [6, 6.07) is 8.50. The lowest BCUT2D eigenvalue weighted by atomic mass is 9.90. The fourth-order valence-electron chi connectivity index (χ4n) is 3.32. The third-order valence-electron chi connectivity index (χ3n) is 4.20. The van der Waals surface area contributed by atoms with Gasteiger partial charge in [0.15, 0.2) is 0 Å². The van der Waals surface area contributed by atoms with Crippen LogP contribution in [0.25, 0.3) is 21.8 Å². The third-order valence-corrected chi connectivity index (χ3v) is 4.20. The molecule has 4 rings (SSSR count). The minimum Gasteiger partial charge on any atom is -0.353 e. The third kappa shape index (κ3) is 1.54. The maximum absolute atomic E-state index is 5.89. The van der Waals surface area contributed by atoms with E-state index in [2.05, 4.69) is 29.2 Å². The first-order valence-electron chi connectivity index (χ1n) is 6.99. The maximum atomic E-state index is 5.89. The first kappa shape index (κ1) is 11.1. The van der Waals surface area contributed by atoms with E-state index in [0.29, 0.717) is 6.32 Å². The molecule has 1 aromatic carbocycles. The molecule has 0 saturated carbocycles. The number of aromatic amines is 1. The van der Waals surface area contributed by atoms with Crippen molar-refractivity contribution in [3.05, 3.63) is 41.2 Å². The Bertz CT molecular complexity index is 773. The first-order chi connectivity index (χ1) is 9.38. The summed E-state index contributed by atoms with van der Waals surface area (Å²) in [6.45, 7) is 0. The number of nitrogens with zero attached hydrogens (tertiary/aromatic N) is 1. The number of fused-ring (bicyclic) bond motifs is 5. The molecular formula is C16H15BN2. The predicted octanol–water partition coefficient (Wildman–Crippen LogP) is 3.26. The van der Waals surface area contributed by atoms with Gasteiger partial charge in [-0.1, -0.05) is 18.2 Å². The quantitative estimate of drug-likeness (QED) is 0.656. The molecule has 0 atom stereocenters. The van der Waals surface area contributed by atoms with E-state index in [1.807, 2.05) is 0 Å². The predicted molar refractivity (Wildman–Crippen MR) is 79.7 cm³/mol. The van der Waals surface area contributed by atoms with E-state index >= 15 is 0 Å². The number of rotatable bonds is 1. The number of pyridine rings is 1. The SMILES string of the molecule is [B]Cc1nc2c(c3c1[nH]c1ccccc13)CCCC2. The standard InChI is InChI=1S/C16H15BN2/c17-9-14-16-15(10-5-1-3-7-12(10)18-14)11-6-2-4-8-13(11)19-16/h2,4,6,8,19H,1,3,5,7,9H2. The highest BCUT2D eigenvalue weighted by Crippen LogP contribution is 2.34. The lowest BCUT2D eigenvalue weighted by molar-refractivity contribution is 0.671. The molecule has 0 amide bonds. The zero-order valence-corrected chi connectivity index (χ0v) is 10.9. The van der Waals surface area contributed by atoms with Crippen LogP contribution in [0.5, 0.6) is 0 Å². The molecule has 3 aromatic rings. The monoisotopic (exact) mass is 246 g/mol. The van der Waals surface area contributed by atoms with Crippen LogP contribution in [0.2, 0.25) is 0 Å². The van der Waals surface area contributed by atoms with Gasteiger partial charge in [-0.25, -0.2) is 0 Å². The Kier molecular flexibility index (Phi) is 2.41. The number of para-hydroxylation sites is 1. The number of H-pyrrole nitrogens is 1. The average Bonchev–Trinajstić information content (AvgIpc) is 2.86. The van der Waals surface area contributed by atoms with Gasteiger partial charge in [-0.2, -0.15) is 0 Å². The highest BCUT2D eigenvalue weighted by atomic mass is 14.8. The largest absolute Gasteiger partial charge is 0.353 e. The molecule has 19 heavy (non-hydrogen) atoms. The van der Waals surface area contributed by atoms with Crippen molar-refractivity contribution in [2.24, 2.45) is 0 Å². The zero-order valence-electron chi connectivity index (χ0n) is 10.9. The average molecular weight is 246 g/mol. The fraction of sp³-hybridized carbons (Fsp3) is 0.312. The first-order valence-corrected chi connectivity index (χ1v) is 6.99. The molecule has 0 bridgehead atoms. The van der Waals surface area contributed by atoms with Crippen LogP contribution in [0.3, 0.4) is 0 Å². The number of hydrogen-bond acceptors (Lipinski definition) is 1. The van der Waals surface area contributed by atoms with Gasteiger partial charge in [-0.05, 0) is 43.6 Å². The Hall–Kier alpha value is -1.77. The minimum absolute atomic E-state index is 0.497. The van der Waals surface area contributed by atoms with E-state index in [4.69, 9.17) is 12.8 Å². The molecule has 1 aliphatic carbocycles. The Balaban J connectivity index is 2.21. The lowest BCUT2D eigenvalue weighted by Crippen LogP contribution is -2.08. The molecule has 2 nitrogen and oxygen atoms in total. The second-order valence-corrected chi connectivity index (χ2v) is 5.32. The molecule has 0 saturated heterocycles. The second kappa shape index (κ2) is 4.12. The Morgan fingerprint density at radius 3 is 2.89 bits per heavy atom. The molecule has 92 valence electrons. The van der Waals surface area contributed by atoms with E-state index in [-0.39, 0.29) is 0 Å². The van der Waals surface area contributed by atoms with Gasteiger partial charge in [0.25, 0.3) is 0 Å². The molecule has 2 aromatic heterocycles. The van der Waals surface area contributed by atoms with Gasteiger partial charge >= 0.3 is 0 Å². The van der Waals surface area contributed by atoms with E-state index < -0.39 is 0 Å². The normalized spacial score (nSPS) is 14.9. The van der Waals surface area contributed by atoms with Gasteiger partial charge < -0.3 is 4.98 Å². The van der Waals surface area contributed by atoms with Crippen molar-refractivity contribution in [2.75, 3.05) is 0 Å². The molecule has 0 spiro atoms. The summed E-state index contributed by atoms with van der Waals surface area (Å²) in [4.78, 5) is 8.30. The number of nitrogens with one attached hydrogen (secondary N) is 1. The number of hydrogen-bond donors (Lipinski definition) is 1. The topological polar surface area (TPSA) is 28.7 Å². The van der Waals surface area contributed by atoms with Crippen LogP contribution in [0, 0.1) is 0 Å². The molecule has 2 radical (unpaired) electrons. The van der Waals surface area contributed by atoms with Crippen molar-refractivity contribution in [3.8, 4) is 0 Å². The molecule has 3 heteroatoms. The van der Waals surface area contributed by atoms with Gasteiger partial charge in [0.05, 0.1) is 19.1 Å². The highest BCUT2D eigenvalue weighted by molar-refractivity contribution is 6.13. The van der Waals surface area contributed by atoms with Gasteiger partial charge in [-0.15, -0.1) is 0 Å². The van der Waals surface area contributed by atoms with Crippen molar-refractivity contribution < 1.29 is 0 Å². The smallest absolute Gasteiger partial charge is 0.0739 e. The maximum Gasteiger partial charge on any atom is 0.0739 e. The Morgan fingerprint density at radius 1 is 1.16 bits per heavy atom. The van der Waals surface area contributed by atoms with Crippen LogP contribution in [0.1, 0.15) is 29.8 Å². The van der Waals surface area contributed by atoms with E-state index in [0.717, 1.165) is 24.1 Å². The summed E-state index contributed by atoms with van der Waals surface area (Å²) < 4.78 is 0. The van der Waals surface area contributed by atoms with Crippen LogP contribution in [-0.4, -0.2) is 17.8 Å². The van der Waals surface area contributed by atoms with Crippen molar-refractivity contribution in [2.45, 2.75) is 32.0 Å².